The van der Waals surface area contributed by atoms with E-state index < -0.39 is 22.6 Å². The maximum Gasteiger partial charge on any atom is 0.319 e. The second-order valence-corrected chi connectivity index (χ2v) is 6.11. The molecule has 0 aromatic heterocycles. The number of carbonyl (C=O) groups is 4. The zero-order valence-corrected chi connectivity index (χ0v) is 12.6. The lowest BCUT2D eigenvalue weighted by atomic mass is 9.87. The normalized spacial score (nSPS) is 18.4. The third-order valence-electron chi connectivity index (χ3n) is 3.50. The summed E-state index contributed by atoms with van der Waals surface area (Å²) in [7, 11) is 0. The smallest absolute Gasteiger partial charge is 0.319 e. The van der Waals surface area contributed by atoms with Crippen molar-refractivity contribution in [3.05, 3.63) is 0 Å². The van der Waals surface area contributed by atoms with Crippen LogP contribution in [0.3, 0.4) is 0 Å². The summed E-state index contributed by atoms with van der Waals surface area (Å²) in [4.78, 5) is 48.7. The van der Waals surface area contributed by atoms with Crippen molar-refractivity contribution < 1.29 is 23.9 Å². The van der Waals surface area contributed by atoms with Gasteiger partial charge in [-0.15, -0.1) is 0 Å². The van der Waals surface area contributed by atoms with E-state index in [-0.39, 0.29) is 31.4 Å². The predicted octanol–water partition coefficient (Wildman–Crippen LogP) is 0.930. The highest BCUT2D eigenvalue weighted by Crippen LogP contribution is 2.32. The maximum atomic E-state index is 12.2. The van der Waals surface area contributed by atoms with E-state index in [0.717, 1.165) is 4.90 Å². The largest absolute Gasteiger partial charge is 0.465 e. The van der Waals surface area contributed by atoms with Crippen molar-refractivity contribution in [2.45, 2.75) is 41.0 Å². The van der Waals surface area contributed by atoms with Crippen molar-refractivity contribution in [1.82, 2.24) is 4.90 Å². The first-order valence-electron chi connectivity index (χ1n) is 6.59. The number of amides is 2. The Bertz CT molecular complexity index is 464. The fraction of sp³-hybridized carbons (Fsp3) is 0.714. The molecule has 0 spiro atoms. The number of nitrogens with zero attached hydrogens (tertiary/aromatic N) is 1. The molecule has 0 atom stereocenters. The molecule has 6 nitrogen and oxygen atoms in total. The van der Waals surface area contributed by atoms with Gasteiger partial charge in [0.1, 0.15) is 5.41 Å². The van der Waals surface area contributed by atoms with Crippen LogP contribution in [0.5, 0.6) is 0 Å². The van der Waals surface area contributed by atoms with Gasteiger partial charge >= 0.3 is 5.97 Å². The highest BCUT2D eigenvalue weighted by molar-refractivity contribution is 6.11. The Morgan fingerprint density at radius 3 is 2.25 bits per heavy atom. The SMILES string of the molecule is CCOC(=O)C(C)(C)C(=O)CN1C(=O)CC(C)(C)C1=O. The molecule has 1 aliphatic rings. The first-order valence-corrected chi connectivity index (χ1v) is 6.59. The zero-order valence-electron chi connectivity index (χ0n) is 12.6. The lowest BCUT2D eigenvalue weighted by Gasteiger charge is -2.24. The van der Waals surface area contributed by atoms with E-state index in [1.807, 2.05) is 0 Å². The summed E-state index contributed by atoms with van der Waals surface area (Å²) in [5.74, 6) is -1.91. The van der Waals surface area contributed by atoms with E-state index >= 15 is 0 Å². The first-order chi connectivity index (χ1) is 9.04. The van der Waals surface area contributed by atoms with Crippen molar-refractivity contribution in [2.75, 3.05) is 13.2 Å². The van der Waals surface area contributed by atoms with Gasteiger partial charge in [-0.1, -0.05) is 13.8 Å². The van der Waals surface area contributed by atoms with Gasteiger partial charge in [0.05, 0.1) is 18.6 Å². The van der Waals surface area contributed by atoms with E-state index in [0.29, 0.717) is 0 Å². The topological polar surface area (TPSA) is 80.8 Å². The van der Waals surface area contributed by atoms with Gasteiger partial charge < -0.3 is 4.74 Å². The summed E-state index contributed by atoms with van der Waals surface area (Å²) in [6.45, 7) is 7.63. The second kappa shape index (κ2) is 5.34. The van der Waals surface area contributed by atoms with Crippen LogP contribution >= 0.6 is 0 Å². The summed E-state index contributed by atoms with van der Waals surface area (Å²) in [6, 6.07) is 0. The van der Waals surface area contributed by atoms with Crippen LogP contribution in [-0.2, 0) is 23.9 Å². The van der Waals surface area contributed by atoms with Crippen LogP contribution in [0.15, 0.2) is 0 Å². The highest BCUT2D eigenvalue weighted by atomic mass is 16.5. The highest BCUT2D eigenvalue weighted by Gasteiger charge is 2.47. The summed E-state index contributed by atoms with van der Waals surface area (Å²) in [5, 5.41) is 0. The molecule has 1 saturated heterocycles. The van der Waals surface area contributed by atoms with E-state index in [1.165, 1.54) is 13.8 Å². The molecule has 0 aliphatic carbocycles. The number of imide groups is 1. The molecule has 1 aliphatic heterocycles. The van der Waals surface area contributed by atoms with Crippen LogP contribution in [0.4, 0.5) is 0 Å². The van der Waals surface area contributed by atoms with Crippen molar-refractivity contribution in [3.63, 3.8) is 0 Å². The molecule has 0 aromatic rings. The van der Waals surface area contributed by atoms with Crippen molar-refractivity contribution in [2.24, 2.45) is 10.8 Å². The molecule has 2 amide bonds. The quantitative estimate of drug-likeness (QED) is 0.426. The Morgan fingerprint density at radius 1 is 1.30 bits per heavy atom. The number of likely N-dealkylation sites (tertiary alicyclic amines) is 1. The molecule has 20 heavy (non-hydrogen) atoms. The molecule has 0 aromatic carbocycles. The molecular weight excluding hydrogens is 262 g/mol. The fourth-order valence-corrected chi connectivity index (χ4v) is 1.95. The van der Waals surface area contributed by atoms with Crippen molar-refractivity contribution in [1.29, 1.82) is 0 Å². The molecule has 1 heterocycles. The minimum atomic E-state index is -1.37. The molecule has 0 bridgehead atoms. The average Bonchev–Trinajstić information content (AvgIpc) is 2.51. The van der Waals surface area contributed by atoms with Crippen LogP contribution in [-0.4, -0.2) is 41.6 Å². The third-order valence-corrected chi connectivity index (χ3v) is 3.50. The Morgan fingerprint density at radius 2 is 1.85 bits per heavy atom. The minimum absolute atomic E-state index is 0.0823. The van der Waals surface area contributed by atoms with E-state index in [9.17, 15) is 19.2 Å². The van der Waals surface area contributed by atoms with Crippen molar-refractivity contribution in [3.8, 4) is 0 Å². The minimum Gasteiger partial charge on any atom is -0.465 e. The number of esters is 1. The van der Waals surface area contributed by atoms with Crippen LogP contribution < -0.4 is 0 Å². The van der Waals surface area contributed by atoms with E-state index in [4.69, 9.17) is 4.74 Å². The summed E-state index contributed by atoms with van der Waals surface area (Å²) in [5.41, 5.74) is -2.16. The number of rotatable bonds is 5. The molecule has 1 fully saturated rings. The lowest BCUT2D eigenvalue weighted by Crippen LogP contribution is -2.45. The molecule has 0 saturated carbocycles. The van der Waals surface area contributed by atoms with Gasteiger partial charge in [0, 0.05) is 6.42 Å². The summed E-state index contributed by atoms with van der Waals surface area (Å²) in [6.07, 6.45) is 0.0823. The van der Waals surface area contributed by atoms with E-state index in [2.05, 4.69) is 0 Å². The van der Waals surface area contributed by atoms with Gasteiger partial charge in [-0.2, -0.15) is 0 Å². The van der Waals surface area contributed by atoms with Gasteiger partial charge in [0.15, 0.2) is 5.78 Å². The van der Waals surface area contributed by atoms with Gasteiger partial charge in [-0.25, -0.2) is 0 Å². The number of hydrogen-bond donors (Lipinski definition) is 0. The summed E-state index contributed by atoms with van der Waals surface area (Å²) < 4.78 is 4.84. The lowest BCUT2D eigenvalue weighted by molar-refractivity contribution is -0.160. The van der Waals surface area contributed by atoms with Crippen molar-refractivity contribution >= 4 is 23.6 Å². The Hall–Kier alpha value is -1.72. The summed E-state index contributed by atoms with van der Waals surface area (Å²) >= 11 is 0. The maximum absolute atomic E-state index is 12.2. The van der Waals surface area contributed by atoms with E-state index in [1.54, 1.807) is 20.8 Å². The average molecular weight is 283 g/mol. The van der Waals surface area contributed by atoms with Crippen LogP contribution in [0.25, 0.3) is 0 Å². The number of hydrogen-bond acceptors (Lipinski definition) is 5. The predicted molar refractivity (Wildman–Crippen MR) is 70.5 cm³/mol. The molecule has 0 N–H and O–H groups in total. The monoisotopic (exact) mass is 283 g/mol. The van der Waals surface area contributed by atoms with Gasteiger partial charge in [-0.05, 0) is 20.8 Å². The number of ketones is 1. The van der Waals surface area contributed by atoms with Gasteiger partial charge in [0.2, 0.25) is 11.8 Å². The van der Waals surface area contributed by atoms with Gasteiger partial charge in [-0.3, -0.25) is 24.1 Å². The van der Waals surface area contributed by atoms with Crippen LogP contribution in [0.2, 0.25) is 0 Å². The zero-order chi connectivity index (χ0) is 15.7. The molecule has 0 unspecified atom stereocenters. The Kier molecular flexibility index (Phi) is 4.36. The molecular formula is C14H21NO5. The Labute approximate surface area is 118 Å². The fourth-order valence-electron chi connectivity index (χ4n) is 1.95. The number of carbonyl (C=O) groups excluding carboxylic acids is 4. The van der Waals surface area contributed by atoms with Gasteiger partial charge in [0.25, 0.3) is 0 Å². The standard InChI is InChI=1S/C14H21NO5/c1-6-20-12(19)14(4,5)9(16)8-15-10(17)7-13(2,3)11(15)18/h6-8H2,1-5H3. The van der Waals surface area contributed by atoms with Crippen LogP contribution in [0.1, 0.15) is 41.0 Å². The molecule has 1 rings (SSSR count). The first kappa shape index (κ1) is 16.3. The Balaban J connectivity index is 2.84. The van der Waals surface area contributed by atoms with Crippen LogP contribution in [0, 0.1) is 10.8 Å². The molecule has 0 radical (unpaired) electrons. The second-order valence-electron chi connectivity index (χ2n) is 6.11. The number of ether oxygens (including phenoxy) is 1. The molecule has 112 valence electrons. The number of Topliss-reactive ketones (excluding diaryl/α,β-unsaturated/α-hetero) is 1. The molecule has 6 heteroatoms. The third kappa shape index (κ3) is 2.89.